The van der Waals surface area contributed by atoms with E-state index in [9.17, 15) is 14.4 Å². The third-order valence-electron chi connectivity index (χ3n) is 11.0. The van der Waals surface area contributed by atoms with Crippen molar-refractivity contribution < 1.29 is 18.9 Å². The van der Waals surface area contributed by atoms with Gasteiger partial charge in [0.2, 0.25) is 0 Å². The lowest BCUT2D eigenvalue weighted by Gasteiger charge is -2.27. The van der Waals surface area contributed by atoms with Gasteiger partial charge in [-0.05, 0) is 212 Å². The molecule has 0 heterocycles. The van der Waals surface area contributed by atoms with Gasteiger partial charge in [-0.3, -0.25) is 0 Å². The van der Waals surface area contributed by atoms with Gasteiger partial charge in [0, 0.05) is 0 Å². The van der Waals surface area contributed by atoms with Crippen molar-refractivity contribution in [2.45, 2.75) is 212 Å². The molecule has 60 heavy (non-hydrogen) atoms. The minimum absolute atomic E-state index is 0.180. The maximum Gasteiger partial charge on any atom is 0.0702 e. The van der Waals surface area contributed by atoms with Crippen molar-refractivity contribution in [1.82, 2.24) is 0 Å². The average molecular weight is 845 g/mol. The molecule has 0 rings (SSSR count). The Morgan fingerprint density at radius 3 is 0.650 bits per heavy atom. The van der Waals surface area contributed by atoms with Gasteiger partial charge in [-0.1, -0.05) is 128 Å². The fourth-order valence-corrected chi connectivity index (χ4v) is 7.05. The van der Waals surface area contributed by atoms with Crippen LogP contribution in [0.3, 0.4) is 0 Å². The first-order valence-corrected chi connectivity index (χ1v) is 24.7. The molecule has 0 N–H and O–H groups in total. The minimum Gasteiger partial charge on any atom is -0.790 e. The third-order valence-corrected chi connectivity index (χ3v) is 11.5. The molecule has 0 fully saturated rings. The van der Waals surface area contributed by atoms with Crippen LogP contribution >= 0.6 is 7.82 Å². The van der Waals surface area contributed by atoms with Crippen LogP contribution < -0.4 is 9.79 Å². The highest BCUT2D eigenvalue weighted by molar-refractivity contribution is 7.43. The van der Waals surface area contributed by atoms with Gasteiger partial charge in [0.05, 0.1) is 14.4 Å². The van der Waals surface area contributed by atoms with Gasteiger partial charge in [0.25, 0.3) is 0 Å². The predicted octanol–water partition coefficient (Wildman–Crippen LogP) is 17.1. The van der Waals surface area contributed by atoms with Gasteiger partial charge >= 0.3 is 0 Å². The Kier molecular flexibility index (Phi) is 34.2. The van der Waals surface area contributed by atoms with Crippen LogP contribution in [0.2, 0.25) is 0 Å². The molecule has 340 valence electrons. The van der Waals surface area contributed by atoms with Crippen LogP contribution in [-0.2, 0) is 9.09 Å². The van der Waals surface area contributed by atoms with Crippen molar-refractivity contribution in [2.24, 2.45) is 0 Å². The zero-order valence-corrected chi connectivity index (χ0v) is 41.7. The fourth-order valence-electron chi connectivity index (χ4n) is 6.80. The van der Waals surface area contributed by atoms with E-state index < -0.39 is 7.82 Å². The molecule has 0 aromatic heterocycles. The number of hydrogen-bond acceptors (Lipinski definition) is 4. The summed E-state index contributed by atoms with van der Waals surface area (Å²) in [5.41, 5.74) is 15.8. The first-order chi connectivity index (χ1) is 28.4. The monoisotopic (exact) mass is 845 g/mol. The Hall–Kier alpha value is -2.75. The van der Waals surface area contributed by atoms with Crippen LogP contribution in [-0.4, -0.2) is 6.61 Å². The highest BCUT2D eigenvalue weighted by Gasteiger charge is 1.99. The van der Waals surface area contributed by atoms with Crippen LogP contribution in [0.15, 0.2) is 128 Å². The lowest BCUT2D eigenvalue weighted by Crippen LogP contribution is -2.16. The zero-order valence-electron chi connectivity index (χ0n) is 40.8. The van der Waals surface area contributed by atoms with Gasteiger partial charge in [-0.25, -0.2) is 0 Å². The molecule has 0 saturated carbocycles. The van der Waals surface area contributed by atoms with Crippen molar-refractivity contribution >= 4 is 7.82 Å². The van der Waals surface area contributed by atoms with E-state index in [0.717, 1.165) is 115 Å². The second-order valence-corrected chi connectivity index (χ2v) is 19.1. The number of allylic oxidation sites excluding steroid dienone is 21. The van der Waals surface area contributed by atoms with Crippen molar-refractivity contribution in [1.29, 1.82) is 0 Å². The highest BCUT2D eigenvalue weighted by Crippen LogP contribution is 2.24. The van der Waals surface area contributed by atoms with Crippen LogP contribution in [0.25, 0.3) is 0 Å². The highest BCUT2D eigenvalue weighted by atomic mass is 31.2. The van der Waals surface area contributed by atoms with Crippen molar-refractivity contribution in [3.05, 3.63) is 128 Å². The molecule has 0 radical (unpaired) electrons. The van der Waals surface area contributed by atoms with Crippen molar-refractivity contribution in [2.75, 3.05) is 6.61 Å². The van der Waals surface area contributed by atoms with Crippen LogP contribution in [0.1, 0.15) is 212 Å². The molecule has 4 nitrogen and oxygen atoms in total. The zero-order chi connectivity index (χ0) is 45.2. The molecule has 0 bridgehead atoms. The van der Waals surface area contributed by atoms with Crippen LogP contribution in [0.5, 0.6) is 0 Å². The average Bonchev–Trinajstić information content (AvgIpc) is 3.14. The normalized spacial score (nSPS) is 15.0. The van der Waals surface area contributed by atoms with E-state index in [2.05, 4.69) is 141 Å². The molecule has 0 unspecified atom stereocenters. The van der Waals surface area contributed by atoms with Gasteiger partial charge < -0.3 is 18.9 Å². The molecule has 0 atom stereocenters. The minimum atomic E-state index is -4.90. The van der Waals surface area contributed by atoms with E-state index in [-0.39, 0.29) is 6.61 Å². The van der Waals surface area contributed by atoms with Crippen LogP contribution in [0.4, 0.5) is 0 Å². The lowest BCUT2D eigenvalue weighted by atomic mass is 10.0. The first kappa shape index (κ1) is 57.2. The number of rotatable bonds is 33. The SMILES string of the molecule is CC(C)=CCC/C(C)=C/CC/C(C)=C/CC/C(C)=C\CC/C(C)=C\CC/C(C)=C\CC/C(C)=C\CC/C(C)=C\CC/C(C)=C\CC/C(C)=C\CC/C(C)=C\COP(=O)([O-])[O-]. The summed E-state index contributed by atoms with van der Waals surface area (Å²) in [7, 11) is -4.90. The van der Waals surface area contributed by atoms with E-state index in [4.69, 9.17) is 0 Å². The Labute approximate surface area is 371 Å². The van der Waals surface area contributed by atoms with E-state index >= 15 is 0 Å². The maximum absolute atomic E-state index is 10.6. The smallest absolute Gasteiger partial charge is 0.0702 e. The summed E-state index contributed by atoms with van der Waals surface area (Å²) < 4.78 is 14.8. The summed E-state index contributed by atoms with van der Waals surface area (Å²) in [4.78, 5) is 21.1. The molecule has 0 spiro atoms. The Balaban J connectivity index is 4.28. The van der Waals surface area contributed by atoms with Gasteiger partial charge in [-0.15, -0.1) is 0 Å². The molecule has 0 aliphatic rings. The Morgan fingerprint density at radius 1 is 0.317 bits per heavy atom. The molecule has 0 aliphatic heterocycles. The first-order valence-electron chi connectivity index (χ1n) is 23.2. The lowest BCUT2D eigenvalue weighted by molar-refractivity contribution is -0.340. The molecule has 0 aromatic carbocycles. The standard InChI is InChI=1S/C55H91O4P/c1-45(2)23-13-24-46(3)25-14-26-47(4)27-15-28-48(5)29-16-30-49(6)31-17-32-50(7)33-18-34-51(8)35-19-36-52(9)37-20-38-53(10)39-21-40-54(11)41-22-42-55(12)43-44-59-60(56,57)58/h23,25,27,29,31,33,35,37,39,41,43H,13-22,24,26,28,30,32,34,36,38,40,42,44H2,1-12H3,(H2,56,57,58)/p-2/b46-25+,47-27+,48-29-,49-31-,50-33-,51-35-,52-37-,53-39-,54-41-,55-43-. The second kappa shape index (κ2) is 35.8. The predicted molar refractivity (Wildman–Crippen MR) is 263 cm³/mol. The maximum atomic E-state index is 10.6. The number of phosphoric acid groups is 1. The molecular formula is C55H89O4P-2. The molecule has 5 heteroatoms. The largest absolute Gasteiger partial charge is 0.790 e. The molecular weight excluding hydrogens is 756 g/mol. The Bertz CT molecular complexity index is 1600. The summed E-state index contributed by atoms with van der Waals surface area (Å²) in [6, 6.07) is 0. The summed E-state index contributed by atoms with van der Waals surface area (Å²) >= 11 is 0. The van der Waals surface area contributed by atoms with E-state index in [1.54, 1.807) is 6.08 Å². The third kappa shape index (κ3) is 39.4. The molecule has 0 saturated heterocycles. The topological polar surface area (TPSA) is 72.4 Å². The second-order valence-electron chi connectivity index (χ2n) is 17.9. The van der Waals surface area contributed by atoms with Crippen molar-refractivity contribution in [3.8, 4) is 0 Å². The quantitative estimate of drug-likeness (QED) is 0.0487. The van der Waals surface area contributed by atoms with Crippen LogP contribution in [0, 0.1) is 0 Å². The van der Waals surface area contributed by atoms with Gasteiger partial charge in [0.15, 0.2) is 0 Å². The number of phosphoric ester groups is 1. The molecule has 0 aromatic rings. The van der Waals surface area contributed by atoms with E-state index in [0.29, 0.717) is 0 Å². The van der Waals surface area contributed by atoms with Gasteiger partial charge in [-0.2, -0.15) is 0 Å². The summed E-state index contributed by atoms with van der Waals surface area (Å²) in [6.45, 7) is 26.5. The fraction of sp³-hybridized carbons (Fsp3) is 0.600. The summed E-state index contributed by atoms with van der Waals surface area (Å²) in [5.74, 6) is 0. The summed E-state index contributed by atoms with van der Waals surface area (Å²) in [6.07, 6.45) is 47.8. The van der Waals surface area contributed by atoms with E-state index in [1.807, 2.05) is 6.92 Å². The van der Waals surface area contributed by atoms with Crippen molar-refractivity contribution in [3.63, 3.8) is 0 Å². The van der Waals surface area contributed by atoms with E-state index in [1.165, 1.54) is 75.0 Å². The van der Waals surface area contributed by atoms with Gasteiger partial charge in [0.1, 0.15) is 0 Å². The number of hydrogen-bond donors (Lipinski definition) is 0. The molecule has 0 amide bonds. The molecule has 0 aliphatic carbocycles. The summed E-state index contributed by atoms with van der Waals surface area (Å²) in [5, 5.41) is 0. The Morgan fingerprint density at radius 2 is 0.483 bits per heavy atom.